The van der Waals surface area contributed by atoms with E-state index in [4.69, 9.17) is 9.26 Å². The number of rotatable bonds is 4. The largest absolute Gasteiger partial charge is 0.377 e. The van der Waals surface area contributed by atoms with Crippen LogP contribution in [0.3, 0.4) is 0 Å². The molecule has 1 aliphatic rings. The summed E-state index contributed by atoms with van der Waals surface area (Å²) in [4.78, 5) is 14.3. The first kappa shape index (κ1) is 16.7. The standard InChI is InChI=1S/C14H18N4O5S/c1-3-9-6-11(23-17-9)14(19)18-4-5-22-8-10(18)13-12(7-15-16-13)24(2,20)21/h6-7,10H,3-5,8H2,1-2H3,(H,15,16)/t10-/m0/s1. The summed E-state index contributed by atoms with van der Waals surface area (Å²) in [6, 6.07) is 1.01. The third-order valence-electron chi connectivity index (χ3n) is 3.89. The van der Waals surface area contributed by atoms with Crippen LogP contribution in [0.4, 0.5) is 0 Å². The second-order valence-electron chi connectivity index (χ2n) is 5.55. The molecule has 9 nitrogen and oxygen atoms in total. The van der Waals surface area contributed by atoms with Gasteiger partial charge in [-0.05, 0) is 6.42 Å². The van der Waals surface area contributed by atoms with Gasteiger partial charge in [0.05, 0.1) is 36.8 Å². The molecule has 0 aromatic carbocycles. The Balaban J connectivity index is 1.94. The number of aromatic nitrogens is 3. The van der Waals surface area contributed by atoms with Crippen molar-refractivity contribution in [2.75, 3.05) is 26.0 Å². The molecule has 1 amide bonds. The fourth-order valence-corrected chi connectivity index (χ4v) is 3.45. The summed E-state index contributed by atoms with van der Waals surface area (Å²) in [6.07, 6.45) is 2.99. The summed E-state index contributed by atoms with van der Waals surface area (Å²) < 4.78 is 34.4. The highest BCUT2D eigenvalue weighted by Crippen LogP contribution is 2.29. The number of carbonyl (C=O) groups excluding carboxylic acids is 1. The number of sulfone groups is 1. The van der Waals surface area contributed by atoms with Crippen LogP contribution in [-0.4, -0.2) is 60.6 Å². The van der Waals surface area contributed by atoms with Crippen LogP contribution in [-0.2, 0) is 21.0 Å². The third-order valence-corrected chi connectivity index (χ3v) is 5.01. The van der Waals surface area contributed by atoms with Gasteiger partial charge in [0.1, 0.15) is 4.90 Å². The van der Waals surface area contributed by atoms with Gasteiger partial charge in [-0.2, -0.15) is 5.10 Å². The molecule has 0 radical (unpaired) electrons. The number of hydrogen-bond donors (Lipinski definition) is 1. The quantitative estimate of drug-likeness (QED) is 0.853. The van der Waals surface area contributed by atoms with E-state index < -0.39 is 15.9 Å². The predicted octanol–water partition coefficient (Wildman–Crippen LogP) is 0.577. The second-order valence-corrected chi connectivity index (χ2v) is 7.53. The molecule has 1 N–H and O–H groups in total. The fourth-order valence-electron chi connectivity index (χ4n) is 2.63. The van der Waals surface area contributed by atoms with Gasteiger partial charge in [0.2, 0.25) is 5.76 Å². The molecule has 1 aliphatic heterocycles. The molecule has 0 bridgehead atoms. The summed E-state index contributed by atoms with van der Waals surface area (Å²) >= 11 is 0. The second kappa shape index (κ2) is 6.36. The lowest BCUT2D eigenvalue weighted by molar-refractivity contribution is -0.00660. The van der Waals surface area contributed by atoms with Crippen molar-refractivity contribution >= 4 is 15.7 Å². The molecule has 10 heteroatoms. The Bertz CT molecular complexity index is 841. The van der Waals surface area contributed by atoms with Gasteiger partial charge in [-0.3, -0.25) is 9.89 Å². The van der Waals surface area contributed by atoms with Crippen LogP contribution in [0.15, 0.2) is 21.7 Å². The molecule has 0 spiro atoms. The minimum absolute atomic E-state index is 0.0580. The van der Waals surface area contributed by atoms with E-state index in [1.807, 2.05) is 6.92 Å². The smallest absolute Gasteiger partial charge is 0.293 e. The first-order valence-electron chi connectivity index (χ1n) is 7.49. The zero-order valence-corrected chi connectivity index (χ0v) is 14.2. The van der Waals surface area contributed by atoms with Crippen LogP contribution >= 0.6 is 0 Å². The highest BCUT2D eigenvalue weighted by atomic mass is 32.2. The molecular weight excluding hydrogens is 336 g/mol. The number of aromatic amines is 1. The van der Waals surface area contributed by atoms with E-state index >= 15 is 0 Å². The number of aryl methyl sites for hydroxylation is 1. The van der Waals surface area contributed by atoms with Crippen LogP contribution in [0, 0.1) is 0 Å². The third kappa shape index (κ3) is 3.06. The molecule has 130 valence electrons. The number of morpholine rings is 1. The Morgan fingerprint density at radius 3 is 2.96 bits per heavy atom. The maximum Gasteiger partial charge on any atom is 0.293 e. The molecule has 3 heterocycles. The average Bonchev–Trinajstić information content (AvgIpc) is 3.22. The Morgan fingerprint density at radius 2 is 2.29 bits per heavy atom. The van der Waals surface area contributed by atoms with E-state index in [0.29, 0.717) is 31.0 Å². The van der Waals surface area contributed by atoms with E-state index in [1.54, 1.807) is 6.07 Å². The molecule has 2 aromatic rings. The highest BCUT2D eigenvalue weighted by molar-refractivity contribution is 7.90. The molecule has 1 fully saturated rings. The number of H-pyrrole nitrogens is 1. The molecule has 1 saturated heterocycles. The normalized spacial score (nSPS) is 18.8. The van der Waals surface area contributed by atoms with Gasteiger partial charge in [-0.15, -0.1) is 0 Å². The van der Waals surface area contributed by atoms with E-state index in [0.717, 1.165) is 6.26 Å². The van der Waals surface area contributed by atoms with Crippen molar-refractivity contribution in [3.8, 4) is 0 Å². The molecule has 0 saturated carbocycles. The number of carbonyl (C=O) groups is 1. The monoisotopic (exact) mass is 354 g/mol. The molecule has 1 atom stereocenters. The van der Waals surface area contributed by atoms with Crippen LogP contribution in [0.25, 0.3) is 0 Å². The molecule has 0 unspecified atom stereocenters. The van der Waals surface area contributed by atoms with Gasteiger partial charge in [0.25, 0.3) is 5.91 Å². The van der Waals surface area contributed by atoms with Crippen LogP contribution in [0.1, 0.15) is 34.9 Å². The maximum absolute atomic E-state index is 12.7. The topological polar surface area (TPSA) is 118 Å². The number of nitrogens with one attached hydrogen (secondary N) is 1. The average molecular weight is 354 g/mol. The first-order chi connectivity index (χ1) is 11.4. The van der Waals surface area contributed by atoms with Crippen LogP contribution in [0.2, 0.25) is 0 Å². The minimum Gasteiger partial charge on any atom is -0.377 e. The van der Waals surface area contributed by atoms with Crippen molar-refractivity contribution in [3.63, 3.8) is 0 Å². The van der Waals surface area contributed by atoms with Gasteiger partial charge < -0.3 is 14.2 Å². The number of hydrogen-bond acceptors (Lipinski definition) is 7. The fraction of sp³-hybridized carbons (Fsp3) is 0.500. The highest BCUT2D eigenvalue weighted by Gasteiger charge is 2.35. The minimum atomic E-state index is -3.48. The van der Waals surface area contributed by atoms with Gasteiger partial charge in [-0.1, -0.05) is 12.1 Å². The molecule has 0 aliphatic carbocycles. The zero-order valence-electron chi connectivity index (χ0n) is 13.4. The number of ether oxygens (including phenoxy) is 1. The summed E-state index contributed by atoms with van der Waals surface area (Å²) in [5.41, 5.74) is 1.02. The lowest BCUT2D eigenvalue weighted by atomic mass is 10.1. The molecular formula is C14H18N4O5S. The van der Waals surface area contributed by atoms with Crippen molar-refractivity contribution in [3.05, 3.63) is 29.4 Å². The zero-order chi connectivity index (χ0) is 17.3. The molecule has 24 heavy (non-hydrogen) atoms. The lowest BCUT2D eigenvalue weighted by Crippen LogP contribution is -2.43. The molecule has 3 rings (SSSR count). The summed E-state index contributed by atoms with van der Waals surface area (Å²) in [7, 11) is -3.48. The maximum atomic E-state index is 12.7. The Labute approximate surface area is 138 Å². The Morgan fingerprint density at radius 1 is 1.50 bits per heavy atom. The number of nitrogens with zero attached hydrogens (tertiary/aromatic N) is 3. The lowest BCUT2D eigenvalue weighted by Gasteiger charge is -2.34. The summed E-state index contributed by atoms with van der Waals surface area (Å²) in [5, 5.41) is 10.3. The van der Waals surface area contributed by atoms with E-state index in [9.17, 15) is 13.2 Å². The summed E-state index contributed by atoms with van der Waals surface area (Å²) in [5.74, 6) is -0.233. The SMILES string of the molecule is CCc1cc(C(=O)N2CCOC[C@H]2c2[nH]ncc2S(C)(=O)=O)on1. The van der Waals surface area contributed by atoms with Gasteiger partial charge in [0.15, 0.2) is 9.84 Å². The van der Waals surface area contributed by atoms with Crippen molar-refractivity contribution in [1.82, 2.24) is 20.3 Å². The van der Waals surface area contributed by atoms with Crippen molar-refractivity contribution < 1.29 is 22.5 Å². The first-order valence-corrected chi connectivity index (χ1v) is 9.38. The Kier molecular flexibility index (Phi) is 4.41. The van der Waals surface area contributed by atoms with Crippen molar-refractivity contribution in [2.45, 2.75) is 24.3 Å². The van der Waals surface area contributed by atoms with E-state index in [1.165, 1.54) is 11.1 Å². The van der Waals surface area contributed by atoms with Crippen molar-refractivity contribution in [1.29, 1.82) is 0 Å². The van der Waals surface area contributed by atoms with E-state index in [-0.39, 0.29) is 23.2 Å². The predicted molar refractivity (Wildman–Crippen MR) is 82.2 cm³/mol. The van der Waals surface area contributed by atoms with Crippen LogP contribution in [0.5, 0.6) is 0 Å². The Hall–Kier alpha value is -2.20. The van der Waals surface area contributed by atoms with Gasteiger partial charge >= 0.3 is 0 Å². The number of amides is 1. The van der Waals surface area contributed by atoms with Gasteiger partial charge in [0, 0.05) is 18.9 Å². The van der Waals surface area contributed by atoms with Crippen molar-refractivity contribution in [2.24, 2.45) is 0 Å². The van der Waals surface area contributed by atoms with Crippen LogP contribution < -0.4 is 0 Å². The molecule has 2 aromatic heterocycles. The summed E-state index contributed by atoms with van der Waals surface area (Å²) in [6.45, 7) is 2.76. The van der Waals surface area contributed by atoms with Gasteiger partial charge in [-0.25, -0.2) is 8.42 Å². The van der Waals surface area contributed by atoms with E-state index in [2.05, 4.69) is 15.4 Å².